The van der Waals surface area contributed by atoms with E-state index in [1.54, 1.807) is 13.0 Å². The molecule has 1 saturated heterocycles. The van der Waals surface area contributed by atoms with Crippen molar-refractivity contribution in [2.45, 2.75) is 56.1 Å². The number of hydrogen-bond acceptors (Lipinski definition) is 3. The highest BCUT2D eigenvalue weighted by Crippen LogP contribution is 2.34. The molecule has 1 aromatic rings. The molecule has 1 aromatic carbocycles. The maximum Gasteiger partial charge on any atom is 0.398 e. The van der Waals surface area contributed by atoms with Crippen molar-refractivity contribution < 1.29 is 17.6 Å². The van der Waals surface area contributed by atoms with E-state index in [-0.39, 0.29) is 0 Å². The molecule has 0 amide bonds. The van der Waals surface area contributed by atoms with Gasteiger partial charge in [0.1, 0.15) is 5.82 Å². The standard InChI is InChI=1S/C20H27F4N3S2/c1-14-11-16(21)17(12-18(14)29-13-20(22,23)24)26-7-9-27(10-8-26)19(28)25-15-5-3-2-4-6-15/h11-12,15H,2-10,13H2,1H3,(H,25,28). The Morgan fingerprint density at radius 3 is 2.41 bits per heavy atom. The van der Waals surface area contributed by atoms with Gasteiger partial charge in [-0.15, -0.1) is 11.8 Å². The summed E-state index contributed by atoms with van der Waals surface area (Å²) in [5.74, 6) is -1.37. The highest BCUT2D eigenvalue weighted by molar-refractivity contribution is 7.99. The van der Waals surface area contributed by atoms with Gasteiger partial charge in [0.2, 0.25) is 0 Å². The Kier molecular flexibility index (Phi) is 7.53. The van der Waals surface area contributed by atoms with E-state index in [4.69, 9.17) is 12.2 Å². The summed E-state index contributed by atoms with van der Waals surface area (Å²) in [6.07, 6.45) is 1.79. The lowest BCUT2D eigenvalue weighted by atomic mass is 9.96. The number of halogens is 4. The van der Waals surface area contributed by atoms with Crippen molar-refractivity contribution in [2.24, 2.45) is 0 Å². The van der Waals surface area contributed by atoms with Gasteiger partial charge in [-0.25, -0.2) is 4.39 Å². The second kappa shape index (κ2) is 9.73. The Morgan fingerprint density at radius 2 is 1.79 bits per heavy atom. The first-order valence-corrected chi connectivity index (χ1v) is 11.4. The van der Waals surface area contributed by atoms with Gasteiger partial charge in [-0.2, -0.15) is 13.2 Å². The number of alkyl halides is 3. The number of aryl methyl sites for hydroxylation is 1. The zero-order valence-electron chi connectivity index (χ0n) is 16.5. The largest absolute Gasteiger partial charge is 0.398 e. The van der Waals surface area contributed by atoms with Crippen LogP contribution < -0.4 is 10.2 Å². The summed E-state index contributed by atoms with van der Waals surface area (Å²) < 4.78 is 52.2. The predicted octanol–water partition coefficient (Wildman–Crippen LogP) is 5.12. The minimum atomic E-state index is -4.25. The smallest absolute Gasteiger partial charge is 0.366 e. The monoisotopic (exact) mass is 449 g/mol. The fraction of sp³-hybridized carbons (Fsp3) is 0.650. The Labute approximate surface area is 179 Å². The van der Waals surface area contributed by atoms with Crippen LogP contribution in [0.4, 0.5) is 23.2 Å². The normalized spacial score (nSPS) is 18.8. The van der Waals surface area contributed by atoms with Crippen LogP contribution in [-0.2, 0) is 0 Å². The third kappa shape index (κ3) is 6.38. The maximum absolute atomic E-state index is 14.5. The molecule has 29 heavy (non-hydrogen) atoms. The minimum Gasteiger partial charge on any atom is -0.366 e. The minimum absolute atomic E-state index is 0.367. The molecular weight excluding hydrogens is 422 g/mol. The van der Waals surface area contributed by atoms with Crippen LogP contribution in [0.1, 0.15) is 37.7 Å². The van der Waals surface area contributed by atoms with Crippen LogP contribution in [0.2, 0.25) is 0 Å². The topological polar surface area (TPSA) is 18.5 Å². The van der Waals surface area contributed by atoms with Gasteiger partial charge >= 0.3 is 6.18 Å². The lowest BCUT2D eigenvalue weighted by molar-refractivity contribution is -0.105. The number of hydrogen-bond donors (Lipinski definition) is 1. The molecule has 0 atom stereocenters. The number of benzene rings is 1. The van der Waals surface area contributed by atoms with Crippen LogP contribution in [0.25, 0.3) is 0 Å². The van der Waals surface area contributed by atoms with Crippen LogP contribution >= 0.6 is 24.0 Å². The van der Waals surface area contributed by atoms with Crippen LogP contribution in [0, 0.1) is 12.7 Å². The third-order valence-electron chi connectivity index (χ3n) is 5.48. The Morgan fingerprint density at radius 1 is 1.14 bits per heavy atom. The van der Waals surface area contributed by atoms with Crippen LogP contribution in [-0.4, -0.2) is 54.2 Å². The molecule has 162 valence electrons. The number of rotatable bonds is 4. The number of piperazine rings is 1. The van der Waals surface area contributed by atoms with Crippen LogP contribution in [0.3, 0.4) is 0 Å². The van der Waals surface area contributed by atoms with E-state index in [2.05, 4.69) is 10.2 Å². The second-order valence-electron chi connectivity index (χ2n) is 7.73. The molecule has 3 nitrogen and oxygen atoms in total. The Hall–Kier alpha value is -1.22. The number of nitrogens with one attached hydrogen (secondary N) is 1. The molecule has 1 heterocycles. The summed E-state index contributed by atoms with van der Waals surface area (Å²) in [7, 11) is 0. The average molecular weight is 450 g/mol. The Balaban J connectivity index is 1.59. The third-order valence-corrected chi connectivity index (χ3v) is 7.07. The molecule has 1 aliphatic heterocycles. The number of thiocarbonyl (C=S) groups is 1. The highest BCUT2D eigenvalue weighted by atomic mass is 32.2. The van der Waals surface area contributed by atoms with Gasteiger partial charge < -0.3 is 15.1 Å². The SMILES string of the molecule is Cc1cc(F)c(N2CCN(C(=S)NC3CCCCC3)CC2)cc1SCC(F)(F)F. The number of thioether (sulfide) groups is 1. The molecule has 0 radical (unpaired) electrons. The summed E-state index contributed by atoms with van der Waals surface area (Å²) in [4.78, 5) is 4.47. The lowest BCUT2D eigenvalue weighted by Crippen LogP contribution is -2.53. The van der Waals surface area contributed by atoms with E-state index in [0.717, 1.165) is 18.0 Å². The van der Waals surface area contributed by atoms with Crippen LogP contribution in [0.15, 0.2) is 17.0 Å². The number of anilines is 1. The Bertz CT molecular complexity index is 712. The zero-order chi connectivity index (χ0) is 21.0. The molecule has 1 aliphatic carbocycles. The van der Waals surface area contributed by atoms with Crippen molar-refractivity contribution >= 4 is 34.8 Å². The lowest BCUT2D eigenvalue weighted by Gasteiger charge is -2.39. The molecule has 0 bridgehead atoms. The van der Waals surface area contributed by atoms with Crippen molar-refractivity contribution in [3.05, 3.63) is 23.5 Å². The molecular formula is C20H27F4N3S2. The molecule has 0 unspecified atom stereocenters. The first-order chi connectivity index (χ1) is 13.7. The average Bonchev–Trinajstić information content (AvgIpc) is 2.67. The van der Waals surface area contributed by atoms with Crippen molar-refractivity contribution in [1.29, 1.82) is 0 Å². The van der Waals surface area contributed by atoms with E-state index in [1.165, 1.54) is 25.3 Å². The van der Waals surface area contributed by atoms with Gasteiger partial charge in [0, 0.05) is 37.1 Å². The summed E-state index contributed by atoms with van der Waals surface area (Å²) in [5, 5.41) is 4.21. The van der Waals surface area contributed by atoms with Gasteiger partial charge in [0.15, 0.2) is 5.11 Å². The molecule has 2 fully saturated rings. The predicted molar refractivity (Wildman–Crippen MR) is 114 cm³/mol. The van der Waals surface area contributed by atoms with Crippen LogP contribution in [0.5, 0.6) is 0 Å². The van der Waals surface area contributed by atoms with Gasteiger partial charge in [-0.05, 0) is 49.7 Å². The van der Waals surface area contributed by atoms with Crippen molar-refractivity contribution in [3.63, 3.8) is 0 Å². The molecule has 9 heteroatoms. The second-order valence-corrected chi connectivity index (χ2v) is 9.14. The van der Waals surface area contributed by atoms with Gasteiger partial charge in [-0.1, -0.05) is 19.3 Å². The highest BCUT2D eigenvalue weighted by Gasteiger charge is 2.28. The summed E-state index contributed by atoms with van der Waals surface area (Å²) >= 11 is 6.26. The summed E-state index contributed by atoms with van der Waals surface area (Å²) in [6.45, 7) is 4.12. The van der Waals surface area contributed by atoms with E-state index < -0.39 is 17.7 Å². The van der Waals surface area contributed by atoms with E-state index >= 15 is 0 Å². The molecule has 0 aromatic heterocycles. The quantitative estimate of drug-likeness (QED) is 0.390. The summed E-state index contributed by atoms with van der Waals surface area (Å²) in [5.41, 5.74) is 0.892. The molecule has 1 N–H and O–H groups in total. The summed E-state index contributed by atoms with van der Waals surface area (Å²) in [6, 6.07) is 3.32. The molecule has 2 aliphatic rings. The molecule has 0 spiro atoms. The van der Waals surface area contributed by atoms with Gasteiger partial charge in [0.25, 0.3) is 0 Å². The molecule has 1 saturated carbocycles. The maximum atomic E-state index is 14.5. The van der Waals surface area contributed by atoms with Crippen molar-refractivity contribution in [1.82, 2.24) is 10.2 Å². The van der Waals surface area contributed by atoms with E-state index in [1.807, 2.05) is 4.90 Å². The van der Waals surface area contributed by atoms with Crippen molar-refractivity contribution in [3.8, 4) is 0 Å². The number of nitrogens with zero attached hydrogens (tertiary/aromatic N) is 2. The molecule has 3 rings (SSSR count). The fourth-order valence-corrected chi connectivity index (χ4v) is 5.01. The first-order valence-electron chi connectivity index (χ1n) is 10.0. The van der Waals surface area contributed by atoms with Gasteiger partial charge in [-0.3, -0.25) is 0 Å². The van der Waals surface area contributed by atoms with Gasteiger partial charge in [0.05, 0.1) is 11.4 Å². The zero-order valence-corrected chi connectivity index (χ0v) is 18.2. The fourth-order valence-electron chi connectivity index (χ4n) is 3.86. The first kappa shape index (κ1) is 22.5. The van der Waals surface area contributed by atoms with Crippen molar-refractivity contribution in [2.75, 3.05) is 36.8 Å². The van der Waals surface area contributed by atoms with E-state index in [9.17, 15) is 17.6 Å². The van der Waals surface area contributed by atoms with E-state index in [0.29, 0.717) is 60.1 Å².